The van der Waals surface area contributed by atoms with Crippen molar-refractivity contribution >= 4 is 9.84 Å². The van der Waals surface area contributed by atoms with Crippen molar-refractivity contribution in [3.63, 3.8) is 0 Å². The normalized spacial score (nSPS) is 18.9. The molecule has 1 aromatic carbocycles. The van der Waals surface area contributed by atoms with E-state index in [0.29, 0.717) is 4.90 Å². The smallest absolute Gasteiger partial charge is 0.175 e. The summed E-state index contributed by atoms with van der Waals surface area (Å²) in [7, 11) is -3.14. The van der Waals surface area contributed by atoms with E-state index in [1.807, 2.05) is 6.07 Å². The molecular formula is C15H23NO3S. The Kier molecular flexibility index (Phi) is 4.83. The fourth-order valence-corrected chi connectivity index (χ4v) is 3.39. The molecule has 4 nitrogen and oxygen atoms in total. The van der Waals surface area contributed by atoms with Crippen molar-refractivity contribution < 1.29 is 13.5 Å². The molecule has 0 aliphatic carbocycles. The quantitative estimate of drug-likeness (QED) is 0.865. The van der Waals surface area contributed by atoms with Crippen LogP contribution in [-0.4, -0.2) is 38.5 Å². The summed E-state index contributed by atoms with van der Waals surface area (Å²) in [5.41, 5.74) is 0.477. The van der Waals surface area contributed by atoms with Gasteiger partial charge >= 0.3 is 0 Å². The van der Waals surface area contributed by atoms with Crippen molar-refractivity contribution in [3.05, 3.63) is 29.8 Å². The second kappa shape index (κ2) is 6.24. The highest BCUT2D eigenvalue weighted by Crippen LogP contribution is 2.25. The molecule has 0 atom stereocenters. The third kappa shape index (κ3) is 4.30. The topological polar surface area (TPSA) is 66.4 Å². The Bertz CT molecular complexity index is 548. The molecule has 1 aliphatic rings. The summed E-state index contributed by atoms with van der Waals surface area (Å²) < 4.78 is 23.0. The van der Waals surface area contributed by atoms with Gasteiger partial charge in [-0.1, -0.05) is 12.1 Å². The molecule has 0 spiro atoms. The molecule has 2 rings (SSSR count). The summed E-state index contributed by atoms with van der Waals surface area (Å²) in [6.07, 6.45) is 5.29. The Morgan fingerprint density at radius 3 is 2.65 bits per heavy atom. The number of rotatable bonds is 5. The van der Waals surface area contributed by atoms with Crippen LogP contribution in [-0.2, 0) is 16.3 Å². The van der Waals surface area contributed by atoms with Gasteiger partial charge in [-0.2, -0.15) is 0 Å². The van der Waals surface area contributed by atoms with Gasteiger partial charge < -0.3 is 10.4 Å². The molecule has 112 valence electrons. The van der Waals surface area contributed by atoms with E-state index in [1.54, 1.807) is 18.2 Å². The highest BCUT2D eigenvalue weighted by molar-refractivity contribution is 7.90. The van der Waals surface area contributed by atoms with Crippen molar-refractivity contribution in [1.29, 1.82) is 0 Å². The standard InChI is InChI=1S/C15H23NO3S/c1-20(18,19)14-6-2-4-13(12-14)5-3-7-15(17)8-10-16-11-9-15/h2,4,6,12,16-17H,3,5,7-11H2,1H3. The van der Waals surface area contributed by atoms with Gasteiger partial charge in [-0.3, -0.25) is 0 Å². The summed E-state index contributed by atoms with van der Waals surface area (Å²) >= 11 is 0. The fraction of sp³-hybridized carbons (Fsp3) is 0.600. The number of piperidine rings is 1. The van der Waals surface area contributed by atoms with E-state index in [4.69, 9.17) is 0 Å². The monoisotopic (exact) mass is 297 g/mol. The van der Waals surface area contributed by atoms with Crippen LogP contribution in [0.5, 0.6) is 0 Å². The van der Waals surface area contributed by atoms with E-state index < -0.39 is 15.4 Å². The van der Waals surface area contributed by atoms with E-state index in [1.165, 1.54) is 6.26 Å². The Hall–Kier alpha value is -0.910. The molecule has 0 aromatic heterocycles. The van der Waals surface area contributed by atoms with Crippen molar-refractivity contribution in [2.45, 2.75) is 42.6 Å². The highest BCUT2D eigenvalue weighted by Gasteiger charge is 2.28. The van der Waals surface area contributed by atoms with E-state index >= 15 is 0 Å². The van der Waals surface area contributed by atoms with E-state index in [2.05, 4.69) is 5.32 Å². The summed E-state index contributed by atoms with van der Waals surface area (Å²) in [5.74, 6) is 0. The van der Waals surface area contributed by atoms with Gasteiger partial charge in [-0.05, 0) is 62.9 Å². The first-order valence-electron chi connectivity index (χ1n) is 7.11. The summed E-state index contributed by atoms with van der Waals surface area (Å²) in [6.45, 7) is 1.75. The molecule has 0 bridgehead atoms. The number of hydrogen-bond donors (Lipinski definition) is 2. The van der Waals surface area contributed by atoms with Gasteiger partial charge in [-0.25, -0.2) is 8.42 Å². The van der Waals surface area contributed by atoms with Crippen molar-refractivity contribution in [2.24, 2.45) is 0 Å². The van der Waals surface area contributed by atoms with Gasteiger partial charge in [0.1, 0.15) is 0 Å². The minimum absolute atomic E-state index is 0.371. The van der Waals surface area contributed by atoms with Gasteiger partial charge in [0.05, 0.1) is 10.5 Å². The third-order valence-corrected chi connectivity index (χ3v) is 5.08. The lowest BCUT2D eigenvalue weighted by Gasteiger charge is -2.32. The van der Waals surface area contributed by atoms with E-state index in [9.17, 15) is 13.5 Å². The third-order valence-electron chi connectivity index (χ3n) is 3.97. The van der Waals surface area contributed by atoms with Crippen LogP contribution in [0.4, 0.5) is 0 Å². The number of sulfone groups is 1. The van der Waals surface area contributed by atoms with Crippen molar-refractivity contribution in [2.75, 3.05) is 19.3 Å². The molecule has 1 saturated heterocycles. The largest absolute Gasteiger partial charge is 0.390 e. The molecule has 2 N–H and O–H groups in total. The molecule has 1 aliphatic heterocycles. The zero-order chi connectivity index (χ0) is 14.6. The second-order valence-corrected chi connectivity index (χ2v) is 7.76. The number of hydrogen-bond acceptors (Lipinski definition) is 4. The van der Waals surface area contributed by atoms with Gasteiger partial charge in [0, 0.05) is 6.26 Å². The minimum atomic E-state index is -3.14. The average molecular weight is 297 g/mol. The maximum Gasteiger partial charge on any atom is 0.175 e. The molecule has 1 fully saturated rings. The van der Waals surface area contributed by atoms with Crippen LogP contribution in [0, 0.1) is 0 Å². The van der Waals surface area contributed by atoms with Crippen molar-refractivity contribution in [1.82, 2.24) is 5.32 Å². The molecular weight excluding hydrogens is 274 g/mol. The number of benzene rings is 1. The molecule has 0 radical (unpaired) electrons. The summed E-state index contributed by atoms with van der Waals surface area (Å²) in [5, 5.41) is 13.6. The fourth-order valence-electron chi connectivity index (χ4n) is 2.70. The van der Waals surface area contributed by atoms with Crippen LogP contribution < -0.4 is 5.32 Å². The number of aliphatic hydroxyl groups is 1. The molecule has 1 aromatic rings. The predicted molar refractivity (Wildman–Crippen MR) is 79.5 cm³/mol. The van der Waals surface area contributed by atoms with Crippen LogP contribution in [0.25, 0.3) is 0 Å². The second-order valence-electron chi connectivity index (χ2n) is 5.75. The van der Waals surface area contributed by atoms with E-state index in [0.717, 1.165) is 50.8 Å². The Morgan fingerprint density at radius 1 is 1.30 bits per heavy atom. The Labute approximate surface area is 121 Å². The summed E-state index contributed by atoms with van der Waals surface area (Å²) in [4.78, 5) is 0.371. The first-order chi connectivity index (χ1) is 9.39. The van der Waals surface area contributed by atoms with Crippen LogP contribution >= 0.6 is 0 Å². The average Bonchev–Trinajstić information content (AvgIpc) is 2.39. The zero-order valence-corrected chi connectivity index (χ0v) is 12.7. The van der Waals surface area contributed by atoms with Crippen molar-refractivity contribution in [3.8, 4) is 0 Å². The maximum absolute atomic E-state index is 11.5. The summed E-state index contributed by atoms with van der Waals surface area (Å²) in [6, 6.07) is 7.09. The first-order valence-corrected chi connectivity index (χ1v) is 9.00. The minimum Gasteiger partial charge on any atom is -0.390 e. The molecule has 0 amide bonds. The lowest BCUT2D eigenvalue weighted by atomic mass is 9.87. The van der Waals surface area contributed by atoms with Crippen LogP contribution in [0.2, 0.25) is 0 Å². The molecule has 5 heteroatoms. The zero-order valence-electron chi connectivity index (χ0n) is 11.9. The molecule has 20 heavy (non-hydrogen) atoms. The molecule has 0 saturated carbocycles. The van der Waals surface area contributed by atoms with Crippen LogP contribution in [0.1, 0.15) is 31.2 Å². The van der Waals surface area contributed by atoms with Gasteiger partial charge in [-0.15, -0.1) is 0 Å². The van der Waals surface area contributed by atoms with Gasteiger partial charge in [0.2, 0.25) is 0 Å². The Morgan fingerprint density at radius 2 is 2.00 bits per heavy atom. The van der Waals surface area contributed by atoms with Crippen LogP contribution in [0.15, 0.2) is 29.2 Å². The first kappa shape index (κ1) is 15.5. The van der Waals surface area contributed by atoms with Crippen LogP contribution in [0.3, 0.4) is 0 Å². The number of nitrogens with one attached hydrogen (secondary N) is 1. The lowest BCUT2D eigenvalue weighted by Crippen LogP contribution is -2.41. The maximum atomic E-state index is 11.5. The Balaban J connectivity index is 1.91. The van der Waals surface area contributed by atoms with E-state index in [-0.39, 0.29) is 0 Å². The highest BCUT2D eigenvalue weighted by atomic mass is 32.2. The molecule has 0 unspecified atom stereocenters. The molecule has 1 heterocycles. The lowest BCUT2D eigenvalue weighted by molar-refractivity contribution is 0.000917. The van der Waals surface area contributed by atoms with Gasteiger partial charge in [0.15, 0.2) is 9.84 Å². The number of aryl methyl sites for hydroxylation is 1. The predicted octanol–water partition coefficient (Wildman–Crippen LogP) is 1.53. The van der Waals surface area contributed by atoms with Gasteiger partial charge in [0.25, 0.3) is 0 Å². The SMILES string of the molecule is CS(=O)(=O)c1cccc(CCCC2(O)CCNCC2)c1.